The third-order valence-electron chi connectivity index (χ3n) is 5.24. The molecular formula is C24H31O4+. The fourth-order valence-corrected chi connectivity index (χ4v) is 3.63. The molecule has 4 rings (SSSR count). The van der Waals surface area contributed by atoms with Crippen LogP contribution in [0, 0.1) is 6.08 Å². The summed E-state index contributed by atoms with van der Waals surface area (Å²) in [6.07, 6.45) is 20.0. The van der Waals surface area contributed by atoms with Gasteiger partial charge in [-0.15, -0.1) is 0 Å². The van der Waals surface area contributed by atoms with Gasteiger partial charge in [0.25, 0.3) is 5.76 Å². The number of aliphatic hydroxyl groups is 1. The number of carbonyl (C=O) groups is 1. The first-order valence-corrected chi connectivity index (χ1v) is 10.2. The van der Waals surface area contributed by atoms with E-state index in [1.54, 1.807) is 24.3 Å². The Hall–Kier alpha value is -2.26. The first-order chi connectivity index (χ1) is 13.7. The zero-order valence-corrected chi connectivity index (χ0v) is 16.5. The molecule has 28 heavy (non-hydrogen) atoms. The van der Waals surface area contributed by atoms with E-state index < -0.39 is 5.60 Å². The van der Waals surface area contributed by atoms with Crippen molar-refractivity contribution in [1.29, 1.82) is 0 Å². The van der Waals surface area contributed by atoms with Crippen LogP contribution < -0.4 is 0 Å². The van der Waals surface area contributed by atoms with Crippen molar-refractivity contribution in [3.05, 3.63) is 72.0 Å². The molecule has 0 saturated heterocycles. The van der Waals surface area contributed by atoms with Gasteiger partial charge in [0.05, 0.1) is 18.2 Å². The van der Waals surface area contributed by atoms with Gasteiger partial charge in [-0.1, -0.05) is 56.0 Å². The molecule has 1 aromatic carbocycles. The molecule has 0 heterocycles. The van der Waals surface area contributed by atoms with E-state index in [1.165, 1.54) is 12.8 Å². The number of rotatable bonds is 2. The molecule has 0 radical (unpaired) electrons. The Morgan fingerprint density at radius 1 is 0.893 bits per heavy atom. The van der Waals surface area contributed by atoms with Gasteiger partial charge in [0.1, 0.15) is 17.5 Å². The van der Waals surface area contributed by atoms with Crippen LogP contribution in [0.25, 0.3) is 0 Å². The zero-order valence-electron chi connectivity index (χ0n) is 16.5. The first kappa shape index (κ1) is 22.0. The molecule has 2 saturated carbocycles. The highest BCUT2D eigenvalue weighted by molar-refractivity contribution is 5.78. The van der Waals surface area contributed by atoms with Crippen molar-refractivity contribution in [3.8, 4) is 0 Å². The topological polar surface area (TPSA) is 66.8 Å². The van der Waals surface area contributed by atoms with Crippen LogP contribution in [0.3, 0.4) is 0 Å². The summed E-state index contributed by atoms with van der Waals surface area (Å²) in [6, 6.07) is 10.0. The number of ketones is 1. The van der Waals surface area contributed by atoms with Crippen molar-refractivity contribution < 1.29 is 20.0 Å². The van der Waals surface area contributed by atoms with E-state index in [0.29, 0.717) is 5.78 Å². The minimum absolute atomic E-state index is 0.197. The SMILES string of the molecule is O=C1CCCCC1.OC1=CC=CC=[C+]1.OOC1(c2ccccc2)CCCCC1. The molecule has 0 amide bonds. The average molecular weight is 384 g/mol. The van der Waals surface area contributed by atoms with Crippen molar-refractivity contribution >= 4 is 5.78 Å². The molecule has 0 aromatic heterocycles. The largest absolute Gasteiger partial charge is 0.481 e. The van der Waals surface area contributed by atoms with Gasteiger partial charge in [-0.25, -0.2) is 4.89 Å². The van der Waals surface area contributed by atoms with Crippen molar-refractivity contribution in [2.24, 2.45) is 0 Å². The fraction of sp³-hybridized carbons (Fsp3) is 0.458. The Kier molecular flexibility index (Phi) is 9.64. The van der Waals surface area contributed by atoms with E-state index in [4.69, 9.17) is 15.3 Å². The Labute approximate surface area is 168 Å². The van der Waals surface area contributed by atoms with Crippen molar-refractivity contribution in [3.63, 3.8) is 0 Å². The summed E-state index contributed by atoms with van der Waals surface area (Å²) in [5, 5.41) is 17.7. The molecule has 3 aliphatic rings. The maximum Gasteiger partial charge on any atom is 0.286 e. The molecule has 3 aliphatic carbocycles. The highest BCUT2D eigenvalue weighted by atomic mass is 17.1. The monoisotopic (exact) mass is 383 g/mol. The smallest absolute Gasteiger partial charge is 0.286 e. The molecule has 4 nitrogen and oxygen atoms in total. The van der Waals surface area contributed by atoms with Crippen LogP contribution in [0.1, 0.15) is 69.8 Å². The number of allylic oxidation sites excluding steroid dienone is 5. The number of hydrogen-bond donors (Lipinski definition) is 2. The minimum Gasteiger partial charge on any atom is -0.481 e. The van der Waals surface area contributed by atoms with Crippen LogP contribution in [-0.4, -0.2) is 16.1 Å². The van der Waals surface area contributed by atoms with E-state index in [-0.39, 0.29) is 5.76 Å². The molecule has 0 atom stereocenters. The third-order valence-corrected chi connectivity index (χ3v) is 5.24. The van der Waals surface area contributed by atoms with Gasteiger partial charge in [0, 0.05) is 18.9 Å². The molecular weight excluding hydrogens is 352 g/mol. The minimum atomic E-state index is -0.431. The van der Waals surface area contributed by atoms with E-state index >= 15 is 0 Å². The molecule has 0 aliphatic heterocycles. The zero-order chi connectivity index (χ0) is 20.1. The molecule has 0 unspecified atom stereocenters. The summed E-state index contributed by atoms with van der Waals surface area (Å²) in [6.45, 7) is 0. The highest BCUT2D eigenvalue weighted by Crippen LogP contribution is 2.39. The molecule has 4 heteroatoms. The van der Waals surface area contributed by atoms with Crippen LogP contribution in [0.15, 0.2) is 60.4 Å². The molecule has 0 bridgehead atoms. The predicted molar refractivity (Wildman–Crippen MR) is 111 cm³/mol. The van der Waals surface area contributed by atoms with Gasteiger partial charge in [-0.05, 0) is 31.2 Å². The lowest BCUT2D eigenvalue weighted by Crippen LogP contribution is -2.31. The van der Waals surface area contributed by atoms with Crippen molar-refractivity contribution in [1.82, 2.24) is 0 Å². The lowest BCUT2D eigenvalue weighted by Gasteiger charge is -2.34. The summed E-state index contributed by atoms with van der Waals surface area (Å²) < 4.78 is 0. The summed E-state index contributed by atoms with van der Waals surface area (Å²) >= 11 is 0. The van der Waals surface area contributed by atoms with Gasteiger partial charge in [-0.2, -0.15) is 0 Å². The van der Waals surface area contributed by atoms with Gasteiger partial charge in [-0.3, -0.25) is 10.1 Å². The Morgan fingerprint density at radius 3 is 1.96 bits per heavy atom. The molecule has 2 fully saturated rings. The number of aliphatic hydroxyl groups excluding tert-OH is 1. The second-order valence-corrected chi connectivity index (χ2v) is 7.36. The normalized spacial score (nSPS) is 19.9. The third kappa shape index (κ3) is 7.40. The summed E-state index contributed by atoms with van der Waals surface area (Å²) in [4.78, 5) is 15.2. The van der Waals surface area contributed by atoms with Crippen LogP contribution in [-0.2, 0) is 15.3 Å². The standard InChI is InChI=1S/C12H16O2.C6H10O.C6H4O/c13-14-12(9-5-2-6-10-12)11-7-3-1-4-8-11;2*7-6-4-2-1-3-5-6/h1,3-4,7-8,13H,2,5-6,9-10H2;1-5H2;1-4H/p+1. The van der Waals surface area contributed by atoms with E-state index in [9.17, 15) is 4.79 Å². The Bertz CT molecular complexity index is 659. The van der Waals surface area contributed by atoms with Crippen LogP contribution >= 0.6 is 0 Å². The van der Waals surface area contributed by atoms with Crippen molar-refractivity contribution in [2.75, 3.05) is 0 Å². The van der Waals surface area contributed by atoms with E-state index in [0.717, 1.165) is 56.9 Å². The maximum atomic E-state index is 10.5. The second kappa shape index (κ2) is 12.2. The average Bonchev–Trinajstić information content (AvgIpc) is 2.77. The second-order valence-electron chi connectivity index (χ2n) is 7.36. The highest BCUT2D eigenvalue weighted by Gasteiger charge is 2.35. The summed E-state index contributed by atoms with van der Waals surface area (Å²) in [7, 11) is 0. The first-order valence-electron chi connectivity index (χ1n) is 10.2. The quantitative estimate of drug-likeness (QED) is 0.362. The number of carbonyl (C=O) groups excluding carboxylic acids is 1. The van der Waals surface area contributed by atoms with Gasteiger partial charge in [0.15, 0.2) is 0 Å². The lowest BCUT2D eigenvalue weighted by molar-refractivity contribution is -0.337. The predicted octanol–water partition coefficient (Wildman–Crippen LogP) is 6.21. The van der Waals surface area contributed by atoms with Gasteiger partial charge < -0.3 is 5.11 Å². The van der Waals surface area contributed by atoms with Crippen molar-refractivity contribution in [2.45, 2.75) is 69.8 Å². The molecule has 0 spiro atoms. The lowest BCUT2D eigenvalue weighted by atomic mass is 9.80. The Morgan fingerprint density at radius 2 is 1.54 bits per heavy atom. The summed E-state index contributed by atoms with van der Waals surface area (Å²) in [5.74, 6) is 0.661. The van der Waals surface area contributed by atoms with Crippen LogP contribution in [0.2, 0.25) is 0 Å². The van der Waals surface area contributed by atoms with Gasteiger partial charge >= 0.3 is 0 Å². The molecule has 150 valence electrons. The van der Waals surface area contributed by atoms with Gasteiger partial charge in [0.2, 0.25) is 0 Å². The molecule has 2 N–H and O–H groups in total. The Balaban J connectivity index is 0.000000168. The van der Waals surface area contributed by atoms with E-state index in [2.05, 4.69) is 6.08 Å². The maximum absolute atomic E-state index is 10.5. The molecule has 1 aromatic rings. The summed E-state index contributed by atoms with van der Waals surface area (Å²) in [5.41, 5.74) is 0.668. The number of hydrogen-bond acceptors (Lipinski definition) is 4. The number of benzene rings is 1. The van der Waals surface area contributed by atoms with Crippen LogP contribution in [0.5, 0.6) is 0 Å². The fourth-order valence-electron chi connectivity index (χ4n) is 3.63. The van der Waals surface area contributed by atoms with E-state index in [1.807, 2.05) is 30.3 Å². The number of Topliss-reactive ketones (excluding diaryl/α,β-unsaturated/α-hetero) is 1. The van der Waals surface area contributed by atoms with Crippen LogP contribution in [0.4, 0.5) is 0 Å².